The largest absolute Gasteiger partial charge is 0.456 e. The highest BCUT2D eigenvalue weighted by Crippen LogP contribution is 2.64. The highest BCUT2D eigenvalue weighted by atomic mass is 32.1. The first-order valence-corrected chi connectivity index (χ1v) is 21.4. The van der Waals surface area contributed by atoms with Crippen LogP contribution in [-0.4, -0.2) is 105 Å². The van der Waals surface area contributed by atoms with Gasteiger partial charge in [-0.3, -0.25) is 19.2 Å². The van der Waals surface area contributed by atoms with Crippen LogP contribution in [0.1, 0.15) is 92.4 Å². The van der Waals surface area contributed by atoms with Gasteiger partial charge in [-0.1, -0.05) is 63.2 Å². The van der Waals surface area contributed by atoms with Gasteiger partial charge in [0.2, 0.25) is 0 Å². The maximum atomic E-state index is 15.6. The summed E-state index contributed by atoms with van der Waals surface area (Å²) < 4.78 is 30.5. The van der Waals surface area contributed by atoms with E-state index >= 15 is 4.79 Å². The van der Waals surface area contributed by atoms with Gasteiger partial charge in [-0.05, 0) is 60.7 Å². The van der Waals surface area contributed by atoms with Crippen molar-refractivity contribution in [1.29, 1.82) is 0 Å². The average Bonchev–Trinajstić information content (AvgIpc) is 3.79. The van der Waals surface area contributed by atoms with E-state index in [0.717, 1.165) is 6.92 Å². The lowest BCUT2D eigenvalue weighted by Gasteiger charge is -2.67. The number of ether oxygens (including phenoxy) is 5. The van der Waals surface area contributed by atoms with Crippen LogP contribution in [0.15, 0.2) is 89.3 Å². The standard InChI is InChI=1S/C46H51NO14S/c1-7-32(50)59-36-33-24(2)28(58-42(55)35(51)34(29-19-14-20-62-29)47-40(53)26-15-10-8-11-16-26)22-46(56,43(33,4)5)39(60-41(54)27-17-12-9-13-18-27)37-44(6,38(36)52)30(49)21-31-45(37,23-57-31)61-25(3)48/h8-20,28,30-31,34-37,39,49,51,56H,7,21-23H2,1-6H3,(H,47,53)/t28-,30-,31+,34-,35+,36+,37-,39-,44+,45-,46+/m0/s1. The van der Waals surface area contributed by atoms with Crippen LogP contribution in [0.3, 0.4) is 0 Å². The summed E-state index contributed by atoms with van der Waals surface area (Å²) in [5.74, 6) is -6.69. The number of carbonyl (C=O) groups excluding carboxylic acids is 6. The van der Waals surface area contributed by atoms with E-state index in [1.165, 1.54) is 44.2 Å². The molecule has 1 saturated heterocycles. The molecule has 330 valence electrons. The quantitative estimate of drug-likeness (QED) is 0.121. The minimum Gasteiger partial charge on any atom is -0.456 e. The third-order valence-corrected chi connectivity index (χ3v) is 14.4. The molecule has 2 saturated carbocycles. The van der Waals surface area contributed by atoms with Crippen molar-refractivity contribution in [2.75, 3.05) is 6.61 Å². The van der Waals surface area contributed by atoms with Gasteiger partial charge < -0.3 is 44.3 Å². The molecule has 15 nitrogen and oxygen atoms in total. The number of thiophene rings is 1. The number of ketones is 1. The van der Waals surface area contributed by atoms with Crippen LogP contribution in [0.5, 0.6) is 0 Å². The van der Waals surface area contributed by atoms with E-state index in [0.29, 0.717) is 4.88 Å². The average molecular weight is 874 g/mol. The highest BCUT2D eigenvalue weighted by molar-refractivity contribution is 7.10. The Balaban J connectivity index is 1.39. The SMILES string of the molecule is CCC(=O)O[C@H]1C(=O)[C@@]2(C)[C@H]([C@H](OC(=O)c3ccccc3)[C@]3(O)C[C@H](OC(=O)[C@H](O)[C@@H](NC(=O)c4ccccc4)c4cccs4)C(C)=C1C3(C)C)[C@]1(OC(C)=O)CO[C@@H]1C[C@@H]2O. The van der Waals surface area contributed by atoms with Crippen LogP contribution in [0.4, 0.5) is 0 Å². The summed E-state index contributed by atoms with van der Waals surface area (Å²) in [7, 11) is 0. The normalized spacial score (nSPS) is 31.9. The van der Waals surface area contributed by atoms with Gasteiger partial charge in [0, 0.05) is 42.0 Å². The molecule has 11 atom stereocenters. The van der Waals surface area contributed by atoms with E-state index in [4.69, 9.17) is 23.7 Å². The number of hydrogen-bond acceptors (Lipinski definition) is 15. The van der Waals surface area contributed by atoms with Crippen molar-refractivity contribution in [2.24, 2.45) is 16.7 Å². The van der Waals surface area contributed by atoms with Crippen molar-refractivity contribution < 1.29 is 67.8 Å². The number of carbonyl (C=O) groups is 6. The maximum absolute atomic E-state index is 15.6. The maximum Gasteiger partial charge on any atom is 0.338 e. The highest BCUT2D eigenvalue weighted by Gasteiger charge is 2.78. The Kier molecular flexibility index (Phi) is 12.1. The number of amides is 1. The van der Waals surface area contributed by atoms with Gasteiger partial charge in [-0.2, -0.15) is 0 Å². The third kappa shape index (κ3) is 7.34. The second-order valence-electron chi connectivity index (χ2n) is 17.2. The number of rotatable bonds is 11. The van der Waals surface area contributed by atoms with Gasteiger partial charge in [0.05, 0.1) is 29.6 Å². The Morgan fingerprint density at radius 2 is 1.58 bits per heavy atom. The van der Waals surface area contributed by atoms with E-state index in [2.05, 4.69) is 5.32 Å². The van der Waals surface area contributed by atoms with E-state index in [1.807, 2.05) is 0 Å². The van der Waals surface area contributed by atoms with E-state index in [1.54, 1.807) is 79.9 Å². The predicted octanol–water partition coefficient (Wildman–Crippen LogP) is 4.19. The first-order chi connectivity index (χ1) is 29.3. The fourth-order valence-electron chi connectivity index (χ4n) is 10.0. The van der Waals surface area contributed by atoms with Gasteiger partial charge in [0.25, 0.3) is 5.91 Å². The summed E-state index contributed by atoms with van der Waals surface area (Å²) in [4.78, 5) is 84.3. The van der Waals surface area contributed by atoms with Crippen LogP contribution in [0, 0.1) is 16.7 Å². The molecular formula is C46H51NO14S. The van der Waals surface area contributed by atoms with Gasteiger partial charge in [0.1, 0.15) is 30.0 Å². The molecule has 4 aliphatic rings. The molecule has 7 rings (SSSR count). The van der Waals surface area contributed by atoms with Gasteiger partial charge in [0.15, 0.2) is 23.6 Å². The number of aliphatic hydroxyl groups excluding tert-OH is 2. The molecule has 1 amide bonds. The van der Waals surface area contributed by atoms with Crippen LogP contribution in [-0.2, 0) is 42.9 Å². The Hall–Kier alpha value is -5.26. The molecule has 16 heteroatoms. The molecular weight excluding hydrogens is 823 g/mol. The van der Waals surface area contributed by atoms with E-state index in [-0.39, 0.29) is 41.7 Å². The topological polar surface area (TPSA) is 221 Å². The zero-order chi connectivity index (χ0) is 44.9. The number of benzene rings is 2. The second-order valence-corrected chi connectivity index (χ2v) is 18.2. The Morgan fingerprint density at radius 3 is 2.15 bits per heavy atom. The van der Waals surface area contributed by atoms with Crippen LogP contribution >= 0.6 is 11.3 Å². The molecule has 3 fully saturated rings. The van der Waals surface area contributed by atoms with Crippen LogP contribution in [0.25, 0.3) is 0 Å². The van der Waals surface area contributed by atoms with Crippen LogP contribution < -0.4 is 5.32 Å². The lowest BCUT2D eigenvalue weighted by atomic mass is 9.44. The first-order valence-electron chi connectivity index (χ1n) is 20.5. The molecule has 2 bridgehead atoms. The van der Waals surface area contributed by atoms with Crippen molar-refractivity contribution in [2.45, 2.75) is 115 Å². The summed E-state index contributed by atoms with van der Waals surface area (Å²) in [6.45, 7) is 8.47. The zero-order valence-electron chi connectivity index (χ0n) is 35.2. The molecule has 1 aliphatic heterocycles. The Bertz CT molecular complexity index is 2260. The smallest absolute Gasteiger partial charge is 0.338 e. The molecule has 62 heavy (non-hydrogen) atoms. The number of Topliss-reactive ketones (excluding diaryl/α,β-unsaturated/α-hetero) is 1. The molecule has 3 aromatic rings. The lowest BCUT2D eigenvalue weighted by molar-refractivity contribution is -0.346. The number of hydrogen-bond donors (Lipinski definition) is 4. The van der Waals surface area contributed by atoms with Crippen molar-refractivity contribution in [1.82, 2.24) is 5.32 Å². The molecule has 1 aromatic heterocycles. The second kappa shape index (κ2) is 16.8. The van der Waals surface area contributed by atoms with Crippen molar-refractivity contribution >= 4 is 46.9 Å². The minimum absolute atomic E-state index is 0.0127. The summed E-state index contributed by atoms with van der Waals surface area (Å²) in [6.07, 6.45) is -10.6. The summed E-state index contributed by atoms with van der Waals surface area (Å²) in [6, 6.07) is 18.1. The molecule has 4 N–H and O–H groups in total. The molecule has 2 heterocycles. The summed E-state index contributed by atoms with van der Waals surface area (Å²) >= 11 is 1.18. The molecule has 0 radical (unpaired) electrons. The number of nitrogens with one attached hydrogen (secondary N) is 1. The minimum atomic E-state index is -2.38. The first kappa shape index (κ1) is 44.8. The molecule has 0 unspecified atom stereocenters. The molecule has 2 aromatic carbocycles. The number of aliphatic hydroxyl groups is 3. The van der Waals surface area contributed by atoms with E-state index < -0.39 is 113 Å². The fraction of sp³-hybridized carbons (Fsp3) is 0.478. The number of esters is 4. The van der Waals surface area contributed by atoms with Gasteiger partial charge in [-0.15, -0.1) is 11.3 Å². The Morgan fingerprint density at radius 1 is 0.935 bits per heavy atom. The van der Waals surface area contributed by atoms with Gasteiger partial charge in [-0.25, -0.2) is 9.59 Å². The van der Waals surface area contributed by atoms with Gasteiger partial charge >= 0.3 is 23.9 Å². The van der Waals surface area contributed by atoms with Crippen LogP contribution in [0.2, 0.25) is 0 Å². The fourth-order valence-corrected chi connectivity index (χ4v) is 10.8. The lowest BCUT2D eigenvalue weighted by Crippen LogP contribution is -2.82. The molecule has 0 spiro atoms. The zero-order valence-corrected chi connectivity index (χ0v) is 36.0. The summed E-state index contributed by atoms with van der Waals surface area (Å²) in [5.41, 5.74) is -7.32. The van der Waals surface area contributed by atoms with E-state index in [9.17, 15) is 39.3 Å². The molecule has 3 aliphatic carbocycles. The monoisotopic (exact) mass is 873 g/mol. The van der Waals surface area contributed by atoms with Crippen molar-refractivity contribution in [3.8, 4) is 0 Å². The Labute approximate surface area is 362 Å². The van der Waals surface area contributed by atoms with Crippen molar-refractivity contribution in [3.05, 3.63) is 105 Å². The summed E-state index contributed by atoms with van der Waals surface area (Å²) in [5, 5.41) is 42.0. The third-order valence-electron chi connectivity index (χ3n) is 13.4. The van der Waals surface area contributed by atoms with Crippen molar-refractivity contribution in [3.63, 3.8) is 0 Å². The predicted molar refractivity (Wildman–Crippen MR) is 220 cm³/mol. The number of fused-ring (bicyclic) bond motifs is 5.